The number of aryl methyl sites for hydroxylation is 1. The summed E-state index contributed by atoms with van der Waals surface area (Å²) in [4.78, 5) is 29.2. The minimum atomic E-state index is -0.395. The normalized spacial score (nSPS) is 11.5. The first-order valence-electron chi connectivity index (χ1n) is 9.18. The Morgan fingerprint density at radius 2 is 1.79 bits per heavy atom. The summed E-state index contributed by atoms with van der Waals surface area (Å²) in [6.45, 7) is 3.90. The molecule has 3 aromatic rings. The molecule has 0 bridgehead atoms. The number of carbonyl (C=O) groups is 1. The van der Waals surface area contributed by atoms with Gasteiger partial charge in [-0.05, 0) is 49.7 Å². The van der Waals surface area contributed by atoms with Crippen LogP contribution < -0.4 is 5.56 Å². The maximum absolute atomic E-state index is 13.1. The van der Waals surface area contributed by atoms with Gasteiger partial charge in [0, 0.05) is 5.69 Å². The van der Waals surface area contributed by atoms with Crippen LogP contribution >= 0.6 is 0 Å². The molecule has 144 valence electrons. The van der Waals surface area contributed by atoms with Crippen LogP contribution in [-0.2, 0) is 11.2 Å². The van der Waals surface area contributed by atoms with E-state index < -0.39 is 5.97 Å². The van der Waals surface area contributed by atoms with Crippen LogP contribution in [0, 0.1) is 0 Å². The molecule has 0 aliphatic rings. The molecule has 2 aromatic carbocycles. The van der Waals surface area contributed by atoms with Gasteiger partial charge in [0.15, 0.2) is 0 Å². The first-order chi connectivity index (χ1) is 13.5. The molecule has 0 radical (unpaired) electrons. The summed E-state index contributed by atoms with van der Waals surface area (Å²) in [5, 5.41) is 3.23. The average molecular weight is 377 g/mol. The van der Waals surface area contributed by atoms with Gasteiger partial charge in [0.25, 0.3) is 5.56 Å². The van der Waals surface area contributed by atoms with E-state index in [0.717, 1.165) is 24.2 Å². The second kappa shape index (κ2) is 8.52. The number of aliphatic imine (C=N–C) groups is 1. The van der Waals surface area contributed by atoms with Crippen LogP contribution in [0.2, 0.25) is 0 Å². The molecule has 0 spiro atoms. The van der Waals surface area contributed by atoms with E-state index in [1.807, 2.05) is 37.3 Å². The lowest BCUT2D eigenvalue weighted by Crippen LogP contribution is -2.19. The van der Waals surface area contributed by atoms with E-state index in [2.05, 4.69) is 17.0 Å². The van der Waals surface area contributed by atoms with Crippen molar-refractivity contribution in [3.63, 3.8) is 0 Å². The maximum atomic E-state index is 13.1. The monoisotopic (exact) mass is 377 g/mol. The summed E-state index contributed by atoms with van der Waals surface area (Å²) in [6.07, 6.45) is 1.65. The molecule has 28 heavy (non-hydrogen) atoms. The number of benzene rings is 2. The Bertz CT molecular complexity index is 1040. The van der Waals surface area contributed by atoms with Crippen LogP contribution in [0.4, 0.5) is 5.69 Å². The number of rotatable bonds is 6. The van der Waals surface area contributed by atoms with Crippen molar-refractivity contribution < 1.29 is 9.53 Å². The molecule has 1 aromatic heterocycles. The first kappa shape index (κ1) is 19.4. The summed E-state index contributed by atoms with van der Waals surface area (Å²) in [5.74, 6) is -0.395. The zero-order valence-corrected chi connectivity index (χ0v) is 16.2. The zero-order chi connectivity index (χ0) is 20.1. The van der Waals surface area contributed by atoms with Crippen molar-refractivity contribution in [2.24, 2.45) is 4.99 Å². The Hall–Kier alpha value is -3.41. The largest absolute Gasteiger partial charge is 0.465 e. The molecule has 0 fully saturated rings. The third kappa shape index (κ3) is 3.96. The van der Waals surface area contributed by atoms with Gasteiger partial charge in [0.2, 0.25) is 0 Å². The molecule has 0 aliphatic heterocycles. The molecule has 6 nitrogen and oxygen atoms in total. The molecular weight excluding hydrogens is 354 g/mol. The third-order valence-corrected chi connectivity index (χ3v) is 4.43. The van der Waals surface area contributed by atoms with E-state index >= 15 is 0 Å². The highest BCUT2D eigenvalue weighted by Gasteiger charge is 2.17. The third-order valence-electron chi connectivity index (χ3n) is 4.43. The predicted molar refractivity (Wildman–Crippen MR) is 110 cm³/mol. The van der Waals surface area contributed by atoms with E-state index in [4.69, 9.17) is 4.74 Å². The molecule has 1 N–H and O–H groups in total. The lowest BCUT2D eigenvalue weighted by Gasteiger charge is -2.02. The Morgan fingerprint density at radius 1 is 1.11 bits per heavy atom. The summed E-state index contributed by atoms with van der Waals surface area (Å²) in [5.41, 5.74) is 3.86. The summed E-state index contributed by atoms with van der Waals surface area (Å²) in [6, 6.07) is 16.3. The van der Waals surface area contributed by atoms with E-state index in [0.29, 0.717) is 22.5 Å². The van der Waals surface area contributed by atoms with E-state index in [1.165, 1.54) is 7.11 Å². The Kier molecular flexibility index (Phi) is 5.89. The quantitative estimate of drug-likeness (QED) is 0.520. The number of para-hydroxylation sites is 1. The van der Waals surface area contributed by atoms with Gasteiger partial charge >= 0.3 is 5.97 Å². The predicted octanol–water partition coefficient (Wildman–Crippen LogP) is 4.05. The Balaban J connectivity index is 2.02. The number of hydrogen-bond acceptors (Lipinski definition) is 4. The number of nitrogens with one attached hydrogen (secondary N) is 1. The van der Waals surface area contributed by atoms with Crippen LogP contribution in [0.1, 0.15) is 41.9 Å². The van der Waals surface area contributed by atoms with Gasteiger partial charge in [-0.15, -0.1) is 0 Å². The molecule has 0 unspecified atom stereocenters. The minimum absolute atomic E-state index is 0.123. The second-order valence-electron chi connectivity index (χ2n) is 6.43. The molecule has 0 saturated heterocycles. The highest BCUT2D eigenvalue weighted by molar-refractivity contribution is 6.01. The fourth-order valence-corrected chi connectivity index (χ4v) is 3.08. The van der Waals surface area contributed by atoms with Gasteiger partial charge in [-0.1, -0.05) is 31.5 Å². The molecule has 3 rings (SSSR count). The van der Waals surface area contributed by atoms with Crippen molar-refractivity contribution >= 4 is 17.4 Å². The number of hydrogen-bond donors (Lipinski definition) is 1. The van der Waals surface area contributed by atoms with Crippen molar-refractivity contribution in [2.75, 3.05) is 7.11 Å². The van der Waals surface area contributed by atoms with E-state index in [-0.39, 0.29) is 5.56 Å². The van der Waals surface area contributed by atoms with Gasteiger partial charge in [-0.2, -0.15) is 0 Å². The van der Waals surface area contributed by atoms with Crippen molar-refractivity contribution in [3.05, 3.63) is 81.8 Å². The van der Waals surface area contributed by atoms with Gasteiger partial charge in [-0.3, -0.25) is 14.9 Å². The standard InChI is InChI=1S/C22H23N3O3/c1-4-8-19-20(21(26)25(24-19)18-9-6-5-7-10-18)15(2)23-17-13-11-16(12-14-17)22(27)28-3/h5-7,9-14,24H,4,8H2,1-3H3. The number of nitrogens with zero attached hydrogens (tertiary/aromatic N) is 2. The van der Waals surface area contributed by atoms with Crippen LogP contribution in [0.25, 0.3) is 5.69 Å². The van der Waals surface area contributed by atoms with Crippen LogP contribution in [-0.4, -0.2) is 28.6 Å². The first-order valence-corrected chi connectivity index (χ1v) is 9.18. The number of esters is 1. The highest BCUT2D eigenvalue weighted by atomic mass is 16.5. The van der Waals surface area contributed by atoms with Crippen LogP contribution in [0.3, 0.4) is 0 Å². The highest BCUT2D eigenvalue weighted by Crippen LogP contribution is 2.17. The maximum Gasteiger partial charge on any atom is 0.337 e. The summed E-state index contributed by atoms with van der Waals surface area (Å²) in [7, 11) is 1.34. The number of H-pyrrole nitrogens is 1. The van der Waals surface area contributed by atoms with Crippen LogP contribution in [0.15, 0.2) is 64.4 Å². The van der Waals surface area contributed by atoms with Crippen molar-refractivity contribution in [2.45, 2.75) is 26.7 Å². The topological polar surface area (TPSA) is 76.5 Å². The fraction of sp³-hybridized carbons (Fsp3) is 0.227. The Morgan fingerprint density at radius 3 is 2.39 bits per heavy atom. The zero-order valence-electron chi connectivity index (χ0n) is 16.2. The molecule has 6 heteroatoms. The van der Waals surface area contributed by atoms with E-state index in [1.54, 1.807) is 28.9 Å². The number of methoxy groups -OCH3 is 1. The molecular formula is C22H23N3O3. The van der Waals surface area contributed by atoms with Gasteiger partial charge in [-0.25, -0.2) is 9.48 Å². The lowest BCUT2D eigenvalue weighted by molar-refractivity contribution is 0.0601. The molecule has 0 atom stereocenters. The van der Waals surface area contributed by atoms with Gasteiger partial charge in [0.1, 0.15) is 0 Å². The second-order valence-corrected chi connectivity index (χ2v) is 6.43. The fourth-order valence-electron chi connectivity index (χ4n) is 3.08. The molecule has 0 saturated carbocycles. The van der Waals surface area contributed by atoms with Crippen molar-refractivity contribution in [3.8, 4) is 5.69 Å². The lowest BCUT2D eigenvalue weighted by atomic mass is 10.1. The summed E-state index contributed by atoms with van der Waals surface area (Å²) >= 11 is 0. The number of ether oxygens (including phenoxy) is 1. The number of aromatic nitrogens is 2. The number of carbonyl (C=O) groups excluding carboxylic acids is 1. The van der Waals surface area contributed by atoms with Crippen molar-refractivity contribution in [1.29, 1.82) is 0 Å². The molecule has 0 aliphatic carbocycles. The average Bonchev–Trinajstić information content (AvgIpc) is 3.05. The smallest absolute Gasteiger partial charge is 0.337 e. The molecule has 0 amide bonds. The van der Waals surface area contributed by atoms with E-state index in [9.17, 15) is 9.59 Å². The Labute approximate surface area is 163 Å². The van der Waals surface area contributed by atoms with Crippen molar-refractivity contribution in [1.82, 2.24) is 9.78 Å². The summed E-state index contributed by atoms with van der Waals surface area (Å²) < 4.78 is 6.26. The van der Waals surface area contributed by atoms with Crippen LogP contribution in [0.5, 0.6) is 0 Å². The minimum Gasteiger partial charge on any atom is -0.465 e. The van der Waals surface area contributed by atoms with Gasteiger partial charge < -0.3 is 4.74 Å². The molecule has 1 heterocycles. The van der Waals surface area contributed by atoms with Gasteiger partial charge in [0.05, 0.1) is 35.3 Å². The SMILES string of the molecule is CCCc1[nH]n(-c2ccccc2)c(=O)c1C(C)=Nc1ccc(C(=O)OC)cc1. The number of aromatic amines is 1.